The molecule has 2 aromatic carbocycles. The number of para-hydroxylation sites is 2. The summed E-state index contributed by atoms with van der Waals surface area (Å²) in [5.74, 6) is -0.781. The van der Waals surface area contributed by atoms with E-state index in [1.54, 1.807) is 18.2 Å². The Morgan fingerprint density at radius 1 is 1.04 bits per heavy atom. The molecule has 25 heavy (non-hydrogen) atoms. The van der Waals surface area contributed by atoms with E-state index in [1.807, 2.05) is 41.9 Å². The fourth-order valence-electron chi connectivity index (χ4n) is 2.88. The first-order valence-electron chi connectivity index (χ1n) is 7.68. The standard InChI is InChI=1S/C18H14N4O2S/c1-11(23)22-13-8-4-3-7-12(13)16(17(22)24)19-20-18-21(2)14-9-5-6-10-15(14)25-18/h3-10H,1-2H3/b19-16+,20-18-. The minimum atomic E-state index is -0.443. The molecule has 0 fully saturated rings. The van der Waals surface area contributed by atoms with Gasteiger partial charge in [-0.3, -0.25) is 9.59 Å². The normalized spacial score (nSPS) is 16.1. The molecule has 7 heteroatoms. The van der Waals surface area contributed by atoms with Crippen molar-refractivity contribution in [3.8, 4) is 0 Å². The van der Waals surface area contributed by atoms with Crippen LogP contribution < -0.4 is 9.70 Å². The number of carbonyl (C=O) groups excluding carboxylic acids is 2. The monoisotopic (exact) mass is 350 g/mol. The first-order valence-corrected chi connectivity index (χ1v) is 8.50. The van der Waals surface area contributed by atoms with Gasteiger partial charge in [0.25, 0.3) is 5.91 Å². The summed E-state index contributed by atoms with van der Waals surface area (Å²) in [5.41, 5.74) is 2.41. The molecule has 1 aliphatic rings. The van der Waals surface area contributed by atoms with Crippen molar-refractivity contribution in [2.75, 3.05) is 4.90 Å². The predicted octanol–water partition coefficient (Wildman–Crippen LogP) is 2.44. The molecule has 2 heterocycles. The van der Waals surface area contributed by atoms with Crippen LogP contribution in [0.4, 0.5) is 5.69 Å². The zero-order valence-corrected chi connectivity index (χ0v) is 14.4. The molecule has 6 nitrogen and oxygen atoms in total. The van der Waals surface area contributed by atoms with Crippen LogP contribution in [0.5, 0.6) is 0 Å². The van der Waals surface area contributed by atoms with Gasteiger partial charge >= 0.3 is 0 Å². The number of imide groups is 1. The maximum Gasteiger partial charge on any atom is 0.286 e. The zero-order valence-electron chi connectivity index (χ0n) is 13.6. The molecule has 124 valence electrons. The van der Waals surface area contributed by atoms with Crippen LogP contribution in [-0.4, -0.2) is 22.1 Å². The van der Waals surface area contributed by atoms with Crippen LogP contribution in [0, 0.1) is 0 Å². The number of aryl methyl sites for hydroxylation is 1. The summed E-state index contributed by atoms with van der Waals surface area (Å²) < 4.78 is 3.02. The molecule has 0 unspecified atom stereocenters. The molecule has 1 aliphatic heterocycles. The minimum Gasteiger partial charge on any atom is -0.318 e. The van der Waals surface area contributed by atoms with Crippen molar-refractivity contribution in [2.24, 2.45) is 17.3 Å². The van der Waals surface area contributed by atoms with Gasteiger partial charge in [-0.25, -0.2) is 4.90 Å². The Kier molecular flexibility index (Phi) is 3.58. The van der Waals surface area contributed by atoms with Crippen molar-refractivity contribution < 1.29 is 9.59 Å². The van der Waals surface area contributed by atoms with Crippen molar-refractivity contribution in [3.63, 3.8) is 0 Å². The van der Waals surface area contributed by atoms with E-state index in [4.69, 9.17) is 0 Å². The lowest BCUT2D eigenvalue weighted by Gasteiger charge is -2.10. The van der Waals surface area contributed by atoms with Gasteiger partial charge in [0.15, 0.2) is 5.71 Å². The number of amides is 2. The Balaban J connectivity index is 1.87. The van der Waals surface area contributed by atoms with Gasteiger partial charge in [-0.1, -0.05) is 41.7 Å². The number of benzene rings is 2. The van der Waals surface area contributed by atoms with Gasteiger partial charge in [0.05, 0.1) is 15.9 Å². The van der Waals surface area contributed by atoms with Crippen molar-refractivity contribution in [2.45, 2.75) is 6.92 Å². The van der Waals surface area contributed by atoms with E-state index in [9.17, 15) is 9.59 Å². The maximum atomic E-state index is 12.6. The van der Waals surface area contributed by atoms with Crippen LogP contribution >= 0.6 is 11.3 Å². The Hall–Kier alpha value is -3.06. The summed E-state index contributed by atoms with van der Waals surface area (Å²) in [7, 11) is 1.91. The quantitative estimate of drug-likeness (QED) is 0.633. The Bertz CT molecular complexity index is 1120. The van der Waals surface area contributed by atoms with Gasteiger partial charge in [0.1, 0.15) is 0 Å². The fourth-order valence-corrected chi connectivity index (χ4v) is 3.85. The molecule has 0 radical (unpaired) electrons. The van der Waals surface area contributed by atoms with Crippen LogP contribution in [0.2, 0.25) is 0 Å². The molecule has 2 amide bonds. The molecular weight excluding hydrogens is 336 g/mol. The number of aromatic nitrogens is 1. The summed E-state index contributed by atoms with van der Waals surface area (Å²) in [6, 6.07) is 15.1. The fraction of sp³-hybridized carbons (Fsp3) is 0.111. The lowest BCUT2D eigenvalue weighted by molar-refractivity contribution is -0.121. The smallest absolute Gasteiger partial charge is 0.286 e. The summed E-state index contributed by atoms with van der Waals surface area (Å²) in [4.78, 5) is 26.2. The van der Waals surface area contributed by atoms with Gasteiger partial charge < -0.3 is 4.57 Å². The van der Waals surface area contributed by atoms with Crippen LogP contribution in [0.15, 0.2) is 58.7 Å². The average molecular weight is 350 g/mol. The van der Waals surface area contributed by atoms with Crippen molar-refractivity contribution in [1.82, 2.24) is 4.57 Å². The van der Waals surface area contributed by atoms with Gasteiger partial charge in [-0.05, 0) is 18.2 Å². The van der Waals surface area contributed by atoms with E-state index in [0.29, 0.717) is 16.1 Å². The summed E-state index contributed by atoms with van der Waals surface area (Å²) in [6.07, 6.45) is 0. The van der Waals surface area contributed by atoms with Gasteiger partial charge in [-0.2, -0.15) is 0 Å². The Morgan fingerprint density at radius 2 is 1.76 bits per heavy atom. The second-order valence-corrected chi connectivity index (χ2v) is 6.65. The summed E-state index contributed by atoms with van der Waals surface area (Å²) in [6.45, 7) is 1.36. The second kappa shape index (κ2) is 5.78. The number of hydrogen-bond acceptors (Lipinski definition) is 5. The number of fused-ring (bicyclic) bond motifs is 2. The molecule has 0 aliphatic carbocycles. The first kappa shape index (κ1) is 15.5. The molecule has 0 N–H and O–H groups in total. The van der Waals surface area contributed by atoms with E-state index < -0.39 is 5.91 Å². The number of anilines is 1. The third-order valence-electron chi connectivity index (χ3n) is 4.07. The topological polar surface area (TPSA) is 67.0 Å². The minimum absolute atomic E-state index is 0.184. The highest BCUT2D eigenvalue weighted by Crippen LogP contribution is 2.29. The molecule has 0 saturated heterocycles. The Morgan fingerprint density at radius 3 is 2.52 bits per heavy atom. The molecule has 0 bridgehead atoms. The van der Waals surface area contributed by atoms with E-state index in [1.165, 1.54) is 18.3 Å². The second-order valence-electron chi connectivity index (χ2n) is 5.64. The lowest BCUT2D eigenvalue weighted by Crippen LogP contribution is -2.34. The van der Waals surface area contributed by atoms with Gasteiger partial charge in [0, 0.05) is 19.5 Å². The van der Waals surface area contributed by atoms with E-state index in [0.717, 1.165) is 15.1 Å². The van der Waals surface area contributed by atoms with E-state index in [2.05, 4.69) is 10.2 Å². The highest BCUT2D eigenvalue weighted by Gasteiger charge is 2.36. The van der Waals surface area contributed by atoms with Crippen LogP contribution in [-0.2, 0) is 16.6 Å². The van der Waals surface area contributed by atoms with Crippen LogP contribution in [0.3, 0.4) is 0 Å². The Labute approximate surface area is 147 Å². The molecule has 0 atom stereocenters. The lowest BCUT2D eigenvalue weighted by atomic mass is 10.1. The number of rotatable bonds is 1. The number of nitrogens with zero attached hydrogens (tertiary/aromatic N) is 4. The van der Waals surface area contributed by atoms with Crippen LogP contribution in [0.1, 0.15) is 12.5 Å². The molecule has 1 aromatic heterocycles. The highest BCUT2D eigenvalue weighted by molar-refractivity contribution is 7.16. The number of thiazole rings is 1. The van der Waals surface area contributed by atoms with Crippen molar-refractivity contribution in [1.29, 1.82) is 0 Å². The molecule has 0 spiro atoms. The van der Waals surface area contributed by atoms with Gasteiger partial charge in [-0.15, -0.1) is 10.2 Å². The van der Waals surface area contributed by atoms with E-state index in [-0.39, 0.29) is 11.6 Å². The first-order chi connectivity index (χ1) is 12.1. The average Bonchev–Trinajstić information content (AvgIpc) is 3.07. The SMILES string of the molecule is CC(=O)N1C(=O)/C(=N/N=c2\sc3ccccc3n2C)c2ccccc21. The van der Waals surface area contributed by atoms with Crippen molar-refractivity contribution >= 4 is 44.8 Å². The van der Waals surface area contributed by atoms with Crippen molar-refractivity contribution in [3.05, 3.63) is 58.9 Å². The summed E-state index contributed by atoms with van der Waals surface area (Å²) >= 11 is 1.49. The number of hydrogen-bond donors (Lipinski definition) is 0. The molecule has 0 saturated carbocycles. The van der Waals surface area contributed by atoms with E-state index >= 15 is 0 Å². The van der Waals surface area contributed by atoms with Crippen LogP contribution in [0.25, 0.3) is 10.2 Å². The highest BCUT2D eigenvalue weighted by atomic mass is 32.1. The molecular formula is C18H14N4O2S. The maximum absolute atomic E-state index is 12.6. The zero-order chi connectivity index (χ0) is 17.6. The predicted molar refractivity (Wildman–Crippen MR) is 97.5 cm³/mol. The summed E-state index contributed by atoms with van der Waals surface area (Å²) in [5, 5.41) is 8.47. The molecule has 4 rings (SSSR count). The third-order valence-corrected chi connectivity index (χ3v) is 5.17. The largest absolute Gasteiger partial charge is 0.318 e. The number of carbonyl (C=O) groups is 2. The van der Waals surface area contributed by atoms with Gasteiger partial charge in [0.2, 0.25) is 10.7 Å². The molecule has 3 aromatic rings. The third kappa shape index (κ3) is 2.40.